The number of rotatable bonds is 4. The Morgan fingerprint density at radius 2 is 2.00 bits per heavy atom. The minimum Gasteiger partial charge on any atom is -0.390 e. The van der Waals surface area contributed by atoms with E-state index in [1.165, 1.54) is 0 Å². The van der Waals surface area contributed by atoms with E-state index in [2.05, 4.69) is 5.32 Å². The average molecular weight is 189 g/mol. The van der Waals surface area contributed by atoms with Crippen molar-refractivity contribution in [3.8, 4) is 0 Å². The van der Waals surface area contributed by atoms with Crippen molar-refractivity contribution in [2.75, 3.05) is 26.8 Å². The summed E-state index contributed by atoms with van der Waals surface area (Å²) in [5.41, 5.74) is 0. The zero-order valence-electron chi connectivity index (χ0n) is 8.07. The van der Waals surface area contributed by atoms with E-state index in [0.29, 0.717) is 19.8 Å². The van der Waals surface area contributed by atoms with Crippen molar-refractivity contribution < 1.29 is 14.9 Å². The second kappa shape index (κ2) is 5.54. The van der Waals surface area contributed by atoms with Gasteiger partial charge in [0.2, 0.25) is 0 Å². The van der Waals surface area contributed by atoms with Crippen LogP contribution in [-0.4, -0.2) is 49.2 Å². The van der Waals surface area contributed by atoms with Crippen LogP contribution in [0, 0.1) is 5.92 Å². The quantitative estimate of drug-likeness (QED) is 0.550. The maximum Gasteiger partial charge on any atom is 0.0925 e. The molecule has 2 unspecified atom stereocenters. The van der Waals surface area contributed by atoms with E-state index >= 15 is 0 Å². The summed E-state index contributed by atoms with van der Waals surface area (Å²) in [4.78, 5) is 0. The third-order valence-electron chi connectivity index (χ3n) is 2.56. The van der Waals surface area contributed by atoms with Gasteiger partial charge in [-0.2, -0.15) is 0 Å². The lowest BCUT2D eigenvalue weighted by Gasteiger charge is -2.29. The summed E-state index contributed by atoms with van der Waals surface area (Å²) < 4.78 is 5.18. The zero-order valence-corrected chi connectivity index (χ0v) is 8.07. The summed E-state index contributed by atoms with van der Waals surface area (Å²) >= 11 is 0. The topological polar surface area (TPSA) is 61.7 Å². The first kappa shape index (κ1) is 10.9. The van der Waals surface area contributed by atoms with Crippen LogP contribution in [0.2, 0.25) is 0 Å². The van der Waals surface area contributed by atoms with E-state index in [9.17, 15) is 10.2 Å². The van der Waals surface area contributed by atoms with Gasteiger partial charge >= 0.3 is 0 Å². The van der Waals surface area contributed by atoms with Crippen LogP contribution < -0.4 is 5.32 Å². The number of aliphatic hydroxyl groups is 2. The van der Waals surface area contributed by atoms with Gasteiger partial charge < -0.3 is 20.3 Å². The van der Waals surface area contributed by atoms with Crippen LogP contribution >= 0.6 is 0 Å². The Bertz CT molecular complexity index is 137. The minimum atomic E-state index is -0.659. The Labute approximate surface area is 78.9 Å². The number of ether oxygens (including phenoxy) is 1. The first-order chi connectivity index (χ1) is 6.25. The van der Waals surface area contributed by atoms with E-state index in [4.69, 9.17) is 4.74 Å². The smallest absolute Gasteiger partial charge is 0.0925 e. The van der Waals surface area contributed by atoms with E-state index in [-0.39, 0.29) is 5.92 Å². The second-order valence-electron chi connectivity index (χ2n) is 3.57. The van der Waals surface area contributed by atoms with Gasteiger partial charge in [-0.15, -0.1) is 0 Å². The van der Waals surface area contributed by atoms with Gasteiger partial charge in [0, 0.05) is 19.8 Å². The molecule has 0 bridgehead atoms. The fraction of sp³-hybridized carbons (Fsp3) is 1.00. The summed E-state index contributed by atoms with van der Waals surface area (Å²) in [7, 11) is 1.76. The molecule has 78 valence electrons. The van der Waals surface area contributed by atoms with E-state index in [1.54, 1.807) is 7.05 Å². The van der Waals surface area contributed by atoms with Crippen LogP contribution in [0.15, 0.2) is 0 Å². The van der Waals surface area contributed by atoms with Gasteiger partial charge in [0.1, 0.15) is 0 Å². The summed E-state index contributed by atoms with van der Waals surface area (Å²) in [6.45, 7) is 1.85. The molecular weight excluding hydrogens is 170 g/mol. The molecule has 1 aliphatic heterocycles. The average Bonchev–Trinajstić information content (AvgIpc) is 2.18. The van der Waals surface area contributed by atoms with Gasteiger partial charge in [-0.3, -0.25) is 0 Å². The fourth-order valence-corrected chi connectivity index (χ4v) is 1.70. The molecule has 0 aliphatic carbocycles. The van der Waals surface area contributed by atoms with Crippen molar-refractivity contribution in [3.05, 3.63) is 0 Å². The van der Waals surface area contributed by atoms with Crippen molar-refractivity contribution >= 4 is 0 Å². The minimum absolute atomic E-state index is 0.192. The summed E-state index contributed by atoms with van der Waals surface area (Å²) in [5.74, 6) is 0.192. The maximum absolute atomic E-state index is 9.73. The van der Waals surface area contributed by atoms with Crippen LogP contribution in [0.5, 0.6) is 0 Å². The molecule has 1 fully saturated rings. The lowest BCUT2D eigenvalue weighted by atomic mass is 9.90. The standard InChI is InChI=1S/C9H19NO3/c1-10-6-8(11)9(12)7-2-4-13-5-3-7/h7-12H,2-6H2,1H3. The van der Waals surface area contributed by atoms with Gasteiger partial charge in [-0.1, -0.05) is 0 Å². The summed E-state index contributed by atoms with van der Waals surface area (Å²) in [6.07, 6.45) is 0.425. The van der Waals surface area contributed by atoms with Gasteiger partial charge in [-0.05, 0) is 25.8 Å². The third-order valence-corrected chi connectivity index (χ3v) is 2.56. The molecule has 0 saturated carbocycles. The Morgan fingerprint density at radius 1 is 1.38 bits per heavy atom. The van der Waals surface area contributed by atoms with Crippen molar-refractivity contribution in [3.63, 3.8) is 0 Å². The predicted octanol–water partition coefficient (Wildman–Crippen LogP) is -0.646. The highest BCUT2D eigenvalue weighted by Gasteiger charge is 2.27. The lowest BCUT2D eigenvalue weighted by molar-refractivity contribution is -0.0514. The SMILES string of the molecule is CNCC(O)C(O)C1CCOCC1. The first-order valence-electron chi connectivity index (χ1n) is 4.84. The van der Waals surface area contributed by atoms with Gasteiger partial charge in [0.25, 0.3) is 0 Å². The summed E-state index contributed by atoms with van der Waals surface area (Å²) in [5, 5.41) is 22.1. The van der Waals surface area contributed by atoms with Gasteiger partial charge in [0.15, 0.2) is 0 Å². The number of aliphatic hydroxyl groups excluding tert-OH is 2. The van der Waals surface area contributed by atoms with Crippen LogP contribution in [0.1, 0.15) is 12.8 Å². The van der Waals surface area contributed by atoms with Gasteiger partial charge in [0.05, 0.1) is 12.2 Å². The molecule has 0 aromatic heterocycles. The molecule has 1 heterocycles. The molecule has 0 aromatic carbocycles. The highest BCUT2D eigenvalue weighted by Crippen LogP contribution is 2.20. The molecule has 4 heteroatoms. The molecular formula is C9H19NO3. The second-order valence-corrected chi connectivity index (χ2v) is 3.57. The highest BCUT2D eigenvalue weighted by atomic mass is 16.5. The lowest BCUT2D eigenvalue weighted by Crippen LogP contribution is -2.41. The molecule has 0 amide bonds. The Balaban J connectivity index is 2.31. The van der Waals surface area contributed by atoms with Crippen molar-refractivity contribution in [1.29, 1.82) is 0 Å². The van der Waals surface area contributed by atoms with Crippen LogP contribution in [0.4, 0.5) is 0 Å². The first-order valence-corrected chi connectivity index (χ1v) is 4.84. The monoisotopic (exact) mass is 189 g/mol. The molecule has 1 rings (SSSR count). The Morgan fingerprint density at radius 3 is 2.54 bits per heavy atom. The normalized spacial score (nSPS) is 24.2. The third kappa shape index (κ3) is 3.23. The Hall–Kier alpha value is -0.160. The molecule has 1 aliphatic rings. The van der Waals surface area contributed by atoms with Crippen molar-refractivity contribution in [1.82, 2.24) is 5.32 Å². The number of nitrogens with one attached hydrogen (secondary N) is 1. The van der Waals surface area contributed by atoms with E-state index < -0.39 is 12.2 Å². The van der Waals surface area contributed by atoms with E-state index in [0.717, 1.165) is 12.8 Å². The molecule has 4 nitrogen and oxygen atoms in total. The van der Waals surface area contributed by atoms with Crippen LogP contribution in [0.3, 0.4) is 0 Å². The predicted molar refractivity (Wildman–Crippen MR) is 49.5 cm³/mol. The molecule has 0 radical (unpaired) electrons. The van der Waals surface area contributed by atoms with Crippen molar-refractivity contribution in [2.45, 2.75) is 25.0 Å². The molecule has 0 aromatic rings. The molecule has 1 saturated heterocycles. The molecule has 2 atom stereocenters. The molecule has 13 heavy (non-hydrogen) atoms. The largest absolute Gasteiger partial charge is 0.390 e. The highest BCUT2D eigenvalue weighted by molar-refractivity contribution is 4.78. The van der Waals surface area contributed by atoms with Gasteiger partial charge in [-0.25, -0.2) is 0 Å². The summed E-state index contributed by atoms with van der Waals surface area (Å²) in [6, 6.07) is 0. The zero-order chi connectivity index (χ0) is 9.68. The Kier molecular flexibility index (Phi) is 4.66. The molecule has 0 spiro atoms. The van der Waals surface area contributed by atoms with E-state index in [1.807, 2.05) is 0 Å². The maximum atomic E-state index is 9.73. The fourth-order valence-electron chi connectivity index (χ4n) is 1.70. The number of hydrogen-bond donors (Lipinski definition) is 3. The molecule has 3 N–H and O–H groups in total. The van der Waals surface area contributed by atoms with Crippen LogP contribution in [0.25, 0.3) is 0 Å². The van der Waals surface area contributed by atoms with Crippen LogP contribution in [-0.2, 0) is 4.74 Å². The van der Waals surface area contributed by atoms with Crippen molar-refractivity contribution in [2.24, 2.45) is 5.92 Å². The number of likely N-dealkylation sites (N-methyl/N-ethyl adjacent to an activating group) is 1. The number of hydrogen-bond acceptors (Lipinski definition) is 4.